The fraction of sp³-hybridized carbons (Fsp3) is 0.550. The molecule has 0 saturated carbocycles. The van der Waals surface area contributed by atoms with Crippen LogP contribution in [-0.2, 0) is 4.79 Å². The largest absolute Gasteiger partial charge is 0.341 e. The quantitative estimate of drug-likeness (QED) is 0.790. The zero-order valence-electron chi connectivity index (χ0n) is 15.0. The fourth-order valence-electron chi connectivity index (χ4n) is 3.76. The van der Waals surface area contributed by atoms with Crippen LogP contribution in [0.4, 0.5) is 0 Å². The first-order valence-corrected chi connectivity index (χ1v) is 9.26. The van der Waals surface area contributed by atoms with Gasteiger partial charge in [-0.2, -0.15) is 0 Å². The van der Waals surface area contributed by atoms with E-state index in [1.807, 2.05) is 18.7 Å². The lowest BCUT2D eigenvalue weighted by Gasteiger charge is -2.31. The summed E-state index contributed by atoms with van der Waals surface area (Å²) in [6, 6.07) is 6.13. The summed E-state index contributed by atoms with van der Waals surface area (Å²) in [6.07, 6.45) is 4.74. The second-order valence-electron chi connectivity index (χ2n) is 7.41. The van der Waals surface area contributed by atoms with Crippen LogP contribution in [0.2, 0.25) is 0 Å². The Hall–Kier alpha value is -2.17. The van der Waals surface area contributed by atoms with Crippen LogP contribution in [-0.4, -0.2) is 46.7 Å². The topological polar surface area (TPSA) is 57.7 Å². The standard InChI is InChI=1S/C20H26N2O3/c1-14(2)13-17(20(25)21-11-7-3-4-8-12-21)22-18(23)15-9-5-6-10-16(15)19(22)24/h5-6,9-10,14,17H,3-4,7-8,11-13H2,1-2H3. The number of benzene rings is 1. The number of hydrogen-bond donors (Lipinski definition) is 0. The number of rotatable bonds is 4. The number of imide groups is 1. The van der Waals surface area contributed by atoms with Crippen molar-refractivity contribution in [3.8, 4) is 0 Å². The molecule has 1 unspecified atom stereocenters. The molecule has 25 heavy (non-hydrogen) atoms. The lowest BCUT2D eigenvalue weighted by molar-refractivity contribution is -0.136. The van der Waals surface area contributed by atoms with Crippen LogP contribution < -0.4 is 0 Å². The summed E-state index contributed by atoms with van der Waals surface area (Å²) < 4.78 is 0. The molecule has 0 radical (unpaired) electrons. The van der Waals surface area contributed by atoms with Crippen LogP contribution in [0.3, 0.4) is 0 Å². The fourth-order valence-corrected chi connectivity index (χ4v) is 3.76. The predicted octanol–water partition coefficient (Wildman–Crippen LogP) is 3.10. The predicted molar refractivity (Wildman–Crippen MR) is 95.2 cm³/mol. The Morgan fingerprint density at radius 1 is 0.960 bits per heavy atom. The highest BCUT2D eigenvalue weighted by Gasteiger charge is 2.43. The van der Waals surface area contributed by atoms with E-state index in [0.29, 0.717) is 17.5 Å². The number of fused-ring (bicyclic) bond motifs is 1. The number of hydrogen-bond acceptors (Lipinski definition) is 3. The van der Waals surface area contributed by atoms with Crippen molar-refractivity contribution in [3.63, 3.8) is 0 Å². The molecule has 3 rings (SSSR count). The van der Waals surface area contributed by atoms with Crippen LogP contribution >= 0.6 is 0 Å². The number of amides is 3. The maximum absolute atomic E-state index is 13.2. The molecule has 0 N–H and O–H groups in total. The van der Waals surface area contributed by atoms with Crippen molar-refractivity contribution < 1.29 is 14.4 Å². The summed E-state index contributed by atoms with van der Waals surface area (Å²) in [5, 5.41) is 0. The Kier molecular flexibility index (Phi) is 5.21. The minimum absolute atomic E-state index is 0.0786. The molecule has 3 amide bonds. The van der Waals surface area contributed by atoms with Crippen LogP contribution in [0.15, 0.2) is 24.3 Å². The zero-order chi connectivity index (χ0) is 18.0. The minimum Gasteiger partial charge on any atom is -0.341 e. The minimum atomic E-state index is -0.703. The van der Waals surface area contributed by atoms with Crippen molar-refractivity contribution >= 4 is 17.7 Å². The Morgan fingerprint density at radius 3 is 1.96 bits per heavy atom. The molecule has 1 aromatic carbocycles. The van der Waals surface area contributed by atoms with E-state index < -0.39 is 6.04 Å². The van der Waals surface area contributed by atoms with Crippen molar-refractivity contribution in [2.45, 2.75) is 52.0 Å². The van der Waals surface area contributed by atoms with Crippen LogP contribution in [0.5, 0.6) is 0 Å². The van der Waals surface area contributed by atoms with Crippen LogP contribution in [0, 0.1) is 5.92 Å². The van der Waals surface area contributed by atoms with Crippen molar-refractivity contribution in [2.75, 3.05) is 13.1 Å². The monoisotopic (exact) mass is 342 g/mol. The van der Waals surface area contributed by atoms with Gasteiger partial charge >= 0.3 is 0 Å². The van der Waals surface area contributed by atoms with Gasteiger partial charge in [-0.1, -0.05) is 38.8 Å². The summed E-state index contributed by atoms with van der Waals surface area (Å²) >= 11 is 0. The van der Waals surface area contributed by atoms with Gasteiger partial charge in [0.2, 0.25) is 5.91 Å². The molecule has 1 aromatic rings. The van der Waals surface area contributed by atoms with Gasteiger partial charge < -0.3 is 4.90 Å². The van der Waals surface area contributed by atoms with E-state index in [9.17, 15) is 14.4 Å². The summed E-state index contributed by atoms with van der Waals surface area (Å²) in [4.78, 5) is 41.9. The average Bonchev–Trinajstić information content (AvgIpc) is 2.79. The maximum Gasteiger partial charge on any atom is 0.262 e. The van der Waals surface area contributed by atoms with E-state index in [-0.39, 0.29) is 23.6 Å². The molecule has 2 aliphatic heterocycles. The maximum atomic E-state index is 13.2. The van der Waals surface area contributed by atoms with Crippen molar-refractivity contribution in [1.82, 2.24) is 9.80 Å². The number of carbonyl (C=O) groups is 3. The Labute approximate surface area is 149 Å². The molecule has 0 bridgehead atoms. The first kappa shape index (κ1) is 17.6. The molecule has 1 fully saturated rings. The molecule has 5 nitrogen and oxygen atoms in total. The third-order valence-electron chi connectivity index (χ3n) is 5.03. The van der Waals surface area contributed by atoms with Gasteiger partial charge in [0, 0.05) is 13.1 Å². The molecule has 2 heterocycles. The van der Waals surface area contributed by atoms with Crippen LogP contribution in [0.25, 0.3) is 0 Å². The Bertz CT molecular complexity index is 640. The zero-order valence-corrected chi connectivity index (χ0v) is 15.0. The molecule has 0 spiro atoms. The number of likely N-dealkylation sites (tertiary alicyclic amines) is 1. The highest BCUT2D eigenvalue weighted by Crippen LogP contribution is 2.28. The smallest absolute Gasteiger partial charge is 0.262 e. The molecule has 5 heteroatoms. The first-order chi connectivity index (χ1) is 12.0. The van der Waals surface area contributed by atoms with E-state index >= 15 is 0 Å². The number of nitrogens with zero attached hydrogens (tertiary/aromatic N) is 2. The van der Waals surface area contributed by atoms with Gasteiger partial charge in [-0.15, -0.1) is 0 Å². The molecule has 1 saturated heterocycles. The van der Waals surface area contributed by atoms with Gasteiger partial charge in [0.1, 0.15) is 6.04 Å². The molecule has 0 aliphatic carbocycles. The van der Waals surface area contributed by atoms with E-state index in [2.05, 4.69) is 0 Å². The lowest BCUT2D eigenvalue weighted by Crippen LogP contribution is -2.51. The Morgan fingerprint density at radius 2 is 1.48 bits per heavy atom. The summed E-state index contributed by atoms with van der Waals surface area (Å²) in [5.74, 6) is -0.542. The van der Waals surface area contributed by atoms with Gasteiger partial charge in [0.05, 0.1) is 11.1 Å². The van der Waals surface area contributed by atoms with Crippen LogP contribution in [0.1, 0.15) is 66.7 Å². The van der Waals surface area contributed by atoms with Gasteiger partial charge in [-0.3, -0.25) is 19.3 Å². The molecule has 1 atom stereocenters. The van der Waals surface area contributed by atoms with E-state index in [1.165, 1.54) is 4.90 Å². The average molecular weight is 342 g/mol. The lowest BCUT2D eigenvalue weighted by atomic mass is 10.0. The van der Waals surface area contributed by atoms with E-state index in [4.69, 9.17) is 0 Å². The van der Waals surface area contributed by atoms with Gasteiger partial charge in [0.15, 0.2) is 0 Å². The summed E-state index contributed by atoms with van der Waals surface area (Å²) in [5.41, 5.74) is 0.815. The second-order valence-corrected chi connectivity index (χ2v) is 7.41. The summed E-state index contributed by atoms with van der Waals surface area (Å²) in [7, 11) is 0. The van der Waals surface area contributed by atoms with Gasteiger partial charge in [0.25, 0.3) is 11.8 Å². The van der Waals surface area contributed by atoms with Crippen molar-refractivity contribution in [3.05, 3.63) is 35.4 Å². The van der Waals surface area contributed by atoms with E-state index in [1.54, 1.807) is 24.3 Å². The second kappa shape index (κ2) is 7.38. The van der Waals surface area contributed by atoms with Crippen molar-refractivity contribution in [2.24, 2.45) is 5.92 Å². The number of carbonyl (C=O) groups excluding carboxylic acids is 3. The third-order valence-corrected chi connectivity index (χ3v) is 5.03. The molecule has 0 aromatic heterocycles. The van der Waals surface area contributed by atoms with E-state index in [0.717, 1.165) is 38.8 Å². The molecular weight excluding hydrogens is 316 g/mol. The molecule has 2 aliphatic rings. The summed E-state index contributed by atoms with van der Waals surface area (Å²) in [6.45, 7) is 5.47. The molecule has 134 valence electrons. The molecular formula is C20H26N2O3. The van der Waals surface area contributed by atoms with Gasteiger partial charge in [-0.05, 0) is 37.3 Å². The SMILES string of the molecule is CC(C)CC(C(=O)N1CCCCCC1)N1C(=O)c2ccccc2C1=O. The van der Waals surface area contributed by atoms with Gasteiger partial charge in [-0.25, -0.2) is 0 Å². The normalized spacial score (nSPS) is 19.2. The van der Waals surface area contributed by atoms with Crippen molar-refractivity contribution in [1.29, 1.82) is 0 Å². The Balaban J connectivity index is 1.90. The highest BCUT2D eigenvalue weighted by atomic mass is 16.2. The first-order valence-electron chi connectivity index (χ1n) is 9.26. The third kappa shape index (κ3) is 3.46. The highest BCUT2D eigenvalue weighted by molar-refractivity contribution is 6.22.